The first kappa shape index (κ1) is 14.0. The van der Waals surface area contributed by atoms with Crippen LogP contribution < -0.4 is 10.2 Å². The highest BCUT2D eigenvalue weighted by Crippen LogP contribution is 2.21. The monoisotopic (exact) mass is 234 g/mol. The van der Waals surface area contributed by atoms with Gasteiger partial charge in [-0.1, -0.05) is 45.9 Å². The molecule has 96 valence electrons. The second kappa shape index (κ2) is 6.06. The minimum atomic E-state index is 0.277. The Morgan fingerprint density at radius 3 is 2.24 bits per heavy atom. The smallest absolute Gasteiger partial charge is 0.0364 e. The van der Waals surface area contributed by atoms with E-state index < -0.39 is 0 Å². The largest absolute Gasteiger partial charge is 0.373 e. The normalized spacial score (nSPS) is 13.5. The van der Waals surface area contributed by atoms with Gasteiger partial charge in [0.2, 0.25) is 0 Å². The lowest BCUT2D eigenvalue weighted by Gasteiger charge is -2.35. The molecular weight excluding hydrogens is 208 g/mol. The summed E-state index contributed by atoms with van der Waals surface area (Å²) in [6, 6.07) is 11.1. The van der Waals surface area contributed by atoms with E-state index in [4.69, 9.17) is 0 Å². The number of para-hydroxylation sites is 1. The van der Waals surface area contributed by atoms with Crippen LogP contribution in [0.3, 0.4) is 0 Å². The molecular formula is C15H26N2. The summed E-state index contributed by atoms with van der Waals surface area (Å²) in [6.45, 7) is 11.1. The van der Waals surface area contributed by atoms with Gasteiger partial charge < -0.3 is 10.2 Å². The molecule has 17 heavy (non-hydrogen) atoms. The van der Waals surface area contributed by atoms with Gasteiger partial charge in [0.15, 0.2) is 0 Å². The third-order valence-corrected chi connectivity index (χ3v) is 3.15. The number of nitrogens with one attached hydrogen (secondary N) is 1. The summed E-state index contributed by atoms with van der Waals surface area (Å²) in [4.78, 5) is 2.32. The number of rotatable bonds is 5. The first-order chi connectivity index (χ1) is 7.95. The predicted octanol–water partition coefficient (Wildman–Crippen LogP) is 3.15. The maximum Gasteiger partial charge on any atom is 0.0364 e. The molecule has 0 aromatic heterocycles. The van der Waals surface area contributed by atoms with Crippen LogP contribution in [-0.4, -0.2) is 26.2 Å². The van der Waals surface area contributed by atoms with E-state index in [1.165, 1.54) is 5.69 Å². The number of anilines is 1. The van der Waals surface area contributed by atoms with Gasteiger partial charge in [-0.25, -0.2) is 0 Å². The van der Waals surface area contributed by atoms with E-state index in [-0.39, 0.29) is 5.41 Å². The van der Waals surface area contributed by atoms with E-state index in [1.54, 1.807) is 0 Å². The third kappa shape index (κ3) is 4.39. The van der Waals surface area contributed by atoms with Crippen molar-refractivity contribution in [2.75, 3.05) is 25.0 Å². The van der Waals surface area contributed by atoms with Gasteiger partial charge in [0.25, 0.3) is 0 Å². The lowest BCUT2D eigenvalue weighted by Crippen LogP contribution is -2.47. The van der Waals surface area contributed by atoms with Gasteiger partial charge >= 0.3 is 0 Å². The highest BCUT2D eigenvalue weighted by molar-refractivity contribution is 5.45. The molecule has 0 heterocycles. The molecule has 2 heteroatoms. The SMILES string of the molecule is CCNC(CN(C)c1ccccc1)C(C)(C)C. The van der Waals surface area contributed by atoms with Gasteiger partial charge in [-0.15, -0.1) is 0 Å². The minimum absolute atomic E-state index is 0.277. The summed E-state index contributed by atoms with van der Waals surface area (Å²) in [5, 5.41) is 3.58. The fraction of sp³-hybridized carbons (Fsp3) is 0.600. The molecule has 0 saturated heterocycles. The van der Waals surface area contributed by atoms with Gasteiger partial charge in [0.05, 0.1) is 0 Å². The van der Waals surface area contributed by atoms with Gasteiger partial charge in [-0.2, -0.15) is 0 Å². The van der Waals surface area contributed by atoms with Crippen molar-refractivity contribution < 1.29 is 0 Å². The summed E-state index contributed by atoms with van der Waals surface area (Å²) >= 11 is 0. The van der Waals surface area contributed by atoms with E-state index in [2.05, 4.69) is 75.3 Å². The Balaban J connectivity index is 2.68. The van der Waals surface area contributed by atoms with Crippen molar-refractivity contribution in [3.63, 3.8) is 0 Å². The van der Waals surface area contributed by atoms with E-state index in [0.29, 0.717) is 6.04 Å². The van der Waals surface area contributed by atoms with E-state index in [0.717, 1.165) is 13.1 Å². The van der Waals surface area contributed by atoms with Crippen molar-refractivity contribution in [3.05, 3.63) is 30.3 Å². The standard InChI is InChI=1S/C15H26N2/c1-6-16-14(15(2,3)4)12-17(5)13-10-8-7-9-11-13/h7-11,14,16H,6,12H2,1-5H3. The molecule has 1 aromatic carbocycles. The van der Waals surface area contributed by atoms with Gasteiger partial charge in [0.1, 0.15) is 0 Å². The van der Waals surface area contributed by atoms with Crippen molar-refractivity contribution in [1.29, 1.82) is 0 Å². The topological polar surface area (TPSA) is 15.3 Å². The average molecular weight is 234 g/mol. The van der Waals surface area contributed by atoms with Crippen LogP contribution >= 0.6 is 0 Å². The third-order valence-electron chi connectivity index (χ3n) is 3.15. The first-order valence-corrected chi connectivity index (χ1v) is 6.44. The molecule has 0 aliphatic heterocycles. The lowest BCUT2D eigenvalue weighted by molar-refractivity contribution is 0.275. The van der Waals surface area contributed by atoms with Gasteiger partial charge in [-0.3, -0.25) is 0 Å². The van der Waals surface area contributed by atoms with Crippen LogP contribution in [0.2, 0.25) is 0 Å². The Labute approximate surface area is 106 Å². The molecule has 0 fully saturated rings. The van der Waals surface area contributed by atoms with Crippen LogP contribution in [0.15, 0.2) is 30.3 Å². The van der Waals surface area contributed by atoms with Crippen LogP contribution in [0.25, 0.3) is 0 Å². The average Bonchev–Trinajstić information content (AvgIpc) is 2.28. The van der Waals surface area contributed by atoms with Crippen molar-refractivity contribution in [1.82, 2.24) is 5.32 Å². The van der Waals surface area contributed by atoms with Crippen molar-refractivity contribution in [2.24, 2.45) is 5.41 Å². The lowest BCUT2D eigenvalue weighted by atomic mass is 9.86. The Morgan fingerprint density at radius 2 is 1.76 bits per heavy atom. The number of hydrogen-bond acceptors (Lipinski definition) is 2. The zero-order valence-corrected chi connectivity index (χ0v) is 11.8. The fourth-order valence-electron chi connectivity index (χ4n) is 1.95. The Morgan fingerprint density at radius 1 is 1.18 bits per heavy atom. The van der Waals surface area contributed by atoms with Crippen LogP contribution in [0.1, 0.15) is 27.7 Å². The quantitative estimate of drug-likeness (QED) is 0.842. The molecule has 0 aliphatic rings. The van der Waals surface area contributed by atoms with E-state index >= 15 is 0 Å². The van der Waals surface area contributed by atoms with Crippen LogP contribution in [-0.2, 0) is 0 Å². The minimum Gasteiger partial charge on any atom is -0.373 e. The molecule has 0 radical (unpaired) electrons. The molecule has 0 saturated carbocycles. The molecule has 0 amide bonds. The van der Waals surface area contributed by atoms with E-state index in [9.17, 15) is 0 Å². The highest BCUT2D eigenvalue weighted by atomic mass is 15.1. The van der Waals surface area contributed by atoms with Crippen molar-refractivity contribution in [3.8, 4) is 0 Å². The molecule has 1 unspecified atom stereocenters. The van der Waals surface area contributed by atoms with Crippen LogP contribution in [0.4, 0.5) is 5.69 Å². The van der Waals surface area contributed by atoms with Crippen LogP contribution in [0, 0.1) is 5.41 Å². The highest BCUT2D eigenvalue weighted by Gasteiger charge is 2.24. The molecule has 0 bridgehead atoms. The predicted molar refractivity (Wildman–Crippen MR) is 76.6 cm³/mol. The second-order valence-electron chi connectivity index (χ2n) is 5.69. The maximum atomic E-state index is 3.58. The van der Waals surface area contributed by atoms with Crippen LogP contribution in [0.5, 0.6) is 0 Å². The summed E-state index contributed by atoms with van der Waals surface area (Å²) < 4.78 is 0. The second-order valence-corrected chi connectivity index (χ2v) is 5.69. The molecule has 0 spiro atoms. The Bertz CT molecular complexity index is 313. The maximum absolute atomic E-state index is 3.58. The zero-order chi connectivity index (χ0) is 12.9. The fourth-order valence-corrected chi connectivity index (χ4v) is 1.95. The number of likely N-dealkylation sites (N-methyl/N-ethyl adjacent to an activating group) is 2. The Kier molecular flexibility index (Phi) is 5.01. The Hall–Kier alpha value is -1.02. The van der Waals surface area contributed by atoms with Crippen molar-refractivity contribution >= 4 is 5.69 Å². The summed E-state index contributed by atoms with van der Waals surface area (Å²) in [6.07, 6.45) is 0. The molecule has 2 nitrogen and oxygen atoms in total. The number of benzene rings is 1. The molecule has 0 aliphatic carbocycles. The molecule has 1 atom stereocenters. The number of nitrogens with zero attached hydrogens (tertiary/aromatic N) is 1. The van der Waals surface area contributed by atoms with Gasteiger partial charge in [0, 0.05) is 25.3 Å². The number of hydrogen-bond donors (Lipinski definition) is 1. The van der Waals surface area contributed by atoms with Gasteiger partial charge in [-0.05, 0) is 24.1 Å². The summed E-state index contributed by atoms with van der Waals surface area (Å²) in [5.41, 5.74) is 1.55. The molecule has 1 rings (SSSR count). The molecule has 1 N–H and O–H groups in total. The van der Waals surface area contributed by atoms with Crippen molar-refractivity contribution in [2.45, 2.75) is 33.7 Å². The first-order valence-electron chi connectivity index (χ1n) is 6.44. The van der Waals surface area contributed by atoms with E-state index in [1.807, 2.05) is 0 Å². The molecule has 1 aromatic rings. The summed E-state index contributed by atoms with van der Waals surface area (Å²) in [5.74, 6) is 0. The zero-order valence-electron chi connectivity index (χ0n) is 11.8. The summed E-state index contributed by atoms with van der Waals surface area (Å²) in [7, 11) is 2.16.